The molecule has 0 aliphatic carbocycles. The first kappa shape index (κ1) is 16.3. The van der Waals surface area contributed by atoms with Crippen molar-refractivity contribution in [2.75, 3.05) is 21.3 Å². The molecule has 1 heterocycles. The highest BCUT2D eigenvalue weighted by atomic mass is 32.1. The summed E-state index contributed by atoms with van der Waals surface area (Å²) >= 11 is 1.34. The Morgan fingerprint density at radius 1 is 1.14 bits per heavy atom. The summed E-state index contributed by atoms with van der Waals surface area (Å²) in [5, 5.41) is 10.4. The number of carbonyl (C=O) groups is 2. The number of benzene rings is 1. The molecule has 22 heavy (non-hydrogen) atoms. The van der Waals surface area contributed by atoms with E-state index in [0.29, 0.717) is 21.4 Å². The van der Waals surface area contributed by atoms with E-state index in [-0.39, 0.29) is 18.6 Å². The van der Waals surface area contributed by atoms with Crippen LogP contribution in [0.1, 0.15) is 22.5 Å². The number of amides is 1. The molecule has 0 fully saturated rings. The van der Waals surface area contributed by atoms with Crippen molar-refractivity contribution in [3.05, 3.63) is 23.1 Å². The largest absolute Gasteiger partial charge is 0.493 e. The minimum absolute atomic E-state index is 0.0211. The number of carbonyl (C=O) groups excluding carboxylic acids is 2. The SMILES string of the molecule is COc1cc2cc(C(=O)CCC(=O)N(C)O)sc2cc1OC. The van der Waals surface area contributed by atoms with Crippen molar-refractivity contribution in [1.82, 2.24) is 5.06 Å². The Bertz CT molecular complexity index is 666. The van der Waals surface area contributed by atoms with Gasteiger partial charge in [0.1, 0.15) is 0 Å². The molecule has 7 heteroatoms. The van der Waals surface area contributed by atoms with Crippen molar-refractivity contribution in [2.24, 2.45) is 0 Å². The van der Waals surface area contributed by atoms with Crippen LogP contribution in [0.5, 0.6) is 11.5 Å². The van der Waals surface area contributed by atoms with Gasteiger partial charge in [-0.2, -0.15) is 0 Å². The van der Waals surface area contributed by atoms with Gasteiger partial charge in [0.05, 0.1) is 19.1 Å². The van der Waals surface area contributed by atoms with Crippen LogP contribution >= 0.6 is 11.3 Å². The van der Waals surface area contributed by atoms with Gasteiger partial charge in [-0.25, -0.2) is 5.06 Å². The van der Waals surface area contributed by atoms with Gasteiger partial charge in [0.25, 0.3) is 0 Å². The summed E-state index contributed by atoms with van der Waals surface area (Å²) in [6.07, 6.45) is 0.0392. The van der Waals surface area contributed by atoms with Crippen LogP contribution in [0.4, 0.5) is 0 Å². The maximum atomic E-state index is 12.1. The summed E-state index contributed by atoms with van der Waals surface area (Å²) in [5.74, 6) is 0.587. The number of hydrogen-bond donors (Lipinski definition) is 1. The molecule has 0 bridgehead atoms. The molecule has 1 amide bonds. The summed E-state index contributed by atoms with van der Waals surface area (Å²) in [5.41, 5.74) is 0. The zero-order valence-electron chi connectivity index (χ0n) is 12.6. The van der Waals surface area contributed by atoms with Gasteiger partial charge < -0.3 is 9.47 Å². The van der Waals surface area contributed by atoms with Gasteiger partial charge in [0.2, 0.25) is 5.91 Å². The Hall–Kier alpha value is -2.12. The molecule has 6 nitrogen and oxygen atoms in total. The second kappa shape index (κ2) is 6.76. The molecule has 1 aromatic heterocycles. The molecule has 0 unspecified atom stereocenters. The number of thiophene rings is 1. The van der Waals surface area contributed by atoms with Crippen LogP contribution < -0.4 is 9.47 Å². The molecule has 0 saturated heterocycles. The van der Waals surface area contributed by atoms with E-state index in [1.165, 1.54) is 18.4 Å². The van der Waals surface area contributed by atoms with E-state index in [1.807, 2.05) is 12.1 Å². The Labute approximate surface area is 131 Å². The van der Waals surface area contributed by atoms with Gasteiger partial charge >= 0.3 is 0 Å². The molecule has 0 radical (unpaired) electrons. The molecular weight excluding hydrogens is 306 g/mol. The van der Waals surface area contributed by atoms with Crippen LogP contribution in [0.15, 0.2) is 18.2 Å². The number of hydrogen-bond acceptors (Lipinski definition) is 6. The minimum Gasteiger partial charge on any atom is -0.493 e. The van der Waals surface area contributed by atoms with Crippen molar-refractivity contribution in [3.8, 4) is 11.5 Å². The Kier molecular flexibility index (Phi) is 4.99. The van der Waals surface area contributed by atoms with Crippen molar-refractivity contribution in [1.29, 1.82) is 0 Å². The molecule has 0 aliphatic rings. The number of rotatable bonds is 6. The number of methoxy groups -OCH3 is 2. The fourth-order valence-electron chi connectivity index (χ4n) is 2.01. The molecule has 0 aliphatic heterocycles. The van der Waals surface area contributed by atoms with E-state index < -0.39 is 5.91 Å². The van der Waals surface area contributed by atoms with Gasteiger partial charge in [-0.3, -0.25) is 14.8 Å². The third kappa shape index (κ3) is 3.37. The molecule has 0 atom stereocenters. The van der Waals surface area contributed by atoms with Crippen molar-refractivity contribution >= 4 is 33.1 Å². The van der Waals surface area contributed by atoms with Gasteiger partial charge in [-0.05, 0) is 17.5 Å². The summed E-state index contributed by atoms with van der Waals surface area (Å²) in [7, 11) is 4.35. The molecule has 0 saturated carbocycles. The average molecular weight is 323 g/mol. The zero-order valence-corrected chi connectivity index (χ0v) is 13.4. The number of Topliss-reactive ketones (excluding diaryl/α,β-unsaturated/α-hetero) is 1. The van der Waals surface area contributed by atoms with Crippen LogP contribution in [-0.4, -0.2) is 43.2 Å². The number of ether oxygens (including phenoxy) is 2. The van der Waals surface area contributed by atoms with Crippen molar-refractivity contribution < 1.29 is 24.3 Å². The molecule has 2 aromatic rings. The molecule has 0 spiro atoms. The van der Waals surface area contributed by atoms with Crippen molar-refractivity contribution in [3.63, 3.8) is 0 Å². The average Bonchev–Trinajstić information content (AvgIpc) is 2.93. The monoisotopic (exact) mass is 323 g/mol. The Morgan fingerprint density at radius 3 is 2.36 bits per heavy atom. The molecular formula is C15H17NO5S. The van der Waals surface area contributed by atoms with E-state index in [4.69, 9.17) is 14.7 Å². The molecule has 1 aromatic carbocycles. The quantitative estimate of drug-likeness (QED) is 0.502. The summed E-state index contributed by atoms with van der Waals surface area (Å²) < 4.78 is 11.4. The highest BCUT2D eigenvalue weighted by molar-refractivity contribution is 7.20. The minimum atomic E-state index is -0.488. The predicted molar refractivity (Wildman–Crippen MR) is 83.1 cm³/mol. The van der Waals surface area contributed by atoms with Gasteiger partial charge in [0, 0.05) is 30.7 Å². The van der Waals surface area contributed by atoms with Crippen LogP contribution in [-0.2, 0) is 4.79 Å². The lowest BCUT2D eigenvalue weighted by atomic mass is 10.1. The first-order chi connectivity index (χ1) is 10.5. The molecule has 118 valence electrons. The zero-order chi connectivity index (χ0) is 16.3. The van der Waals surface area contributed by atoms with Gasteiger partial charge in [-0.15, -0.1) is 11.3 Å². The van der Waals surface area contributed by atoms with Gasteiger partial charge in [-0.1, -0.05) is 0 Å². The lowest BCUT2D eigenvalue weighted by Crippen LogP contribution is -2.22. The smallest absolute Gasteiger partial charge is 0.246 e. The van der Waals surface area contributed by atoms with E-state index in [0.717, 1.165) is 10.1 Å². The summed E-state index contributed by atoms with van der Waals surface area (Å²) in [4.78, 5) is 24.0. The second-order valence-electron chi connectivity index (χ2n) is 4.70. The predicted octanol–water partition coefficient (Wildman–Crippen LogP) is 2.73. The van der Waals surface area contributed by atoms with E-state index in [1.54, 1.807) is 20.3 Å². The number of hydroxylamine groups is 2. The lowest BCUT2D eigenvalue weighted by molar-refractivity contribution is -0.159. The lowest BCUT2D eigenvalue weighted by Gasteiger charge is -2.06. The first-order valence-electron chi connectivity index (χ1n) is 6.60. The number of nitrogens with zero attached hydrogens (tertiary/aromatic N) is 1. The maximum absolute atomic E-state index is 12.1. The van der Waals surface area contributed by atoms with Crippen molar-refractivity contribution in [2.45, 2.75) is 12.8 Å². The Morgan fingerprint density at radius 2 is 1.77 bits per heavy atom. The Balaban J connectivity index is 2.22. The van der Waals surface area contributed by atoms with E-state index >= 15 is 0 Å². The normalized spacial score (nSPS) is 10.5. The summed E-state index contributed by atoms with van der Waals surface area (Å²) in [6.45, 7) is 0. The van der Waals surface area contributed by atoms with Crippen LogP contribution in [0, 0.1) is 0 Å². The van der Waals surface area contributed by atoms with Crippen LogP contribution in [0.2, 0.25) is 0 Å². The van der Waals surface area contributed by atoms with Crippen LogP contribution in [0.25, 0.3) is 10.1 Å². The second-order valence-corrected chi connectivity index (χ2v) is 5.78. The molecule has 2 rings (SSSR count). The fraction of sp³-hybridized carbons (Fsp3) is 0.333. The fourth-order valence-corrected chi connectivity index (χ4v) is 3.05. The third-order valence-electron chi connectivity index (χ3n) is 3.22. The highest BCUT2D eigenvalue weighted by Crippen LogP contribution is 2.36. The van der Waals surface area contributed by atoms with Crippen LogP contribution in [0.3, 0.4) is 0 Å². The number of ketones is 1. The first-order valence-corrected chi connectivity index (χ1v) is 7.42. The number of fused-ring (bicyclic) bond motifs is 1. The standard InChI is InChI=1S/C15H17NO5S/c1-16(19)15(18)5-4-10(17)14-7-9-6-11(20-2)12(21-3)8-13(9)22-14/h6-8,19H,4-5H2,1-3H3. The summed E-state index contributed by atoms with van der Waals surface area (Å²) in [6, 6.07) is 5.41. The maximum Gasteiger partial charge on any atom is 0.246 e. The van der Waals surface area contributed by atoms with E-state index in [2.05, 4.69) is 0 Å². The highest BCUT2D eigenvalue weighted by Gasteiger charge is 2.15. The van der Waals surface area contributed by atoms with E-state index in [9.17, 15) is 9.59 Å². The topological polar surface area (TPSA) is 76.1 Å². The molecule has 1 N–H and O–H groups in total. The third-order valence-corrected chi connectivity index (χ3v) is 4.36. The van der Waals surface area contributed by atoms with Gasteiger partial charge in [0.15, 0.2) is 17.3 Å².